The topological polar surface area (TPSA) is 13.1 Å². The lowest BCUT2D eigenvalue weighted by Gasteiger charge is -2.18. The molecule has 54 heavy (non-hydrogen) atoms. The Morgan fingerprint density at radius 2 is 0.870 bits per heavy atom. The van der Waals surface area contributed by atoms with Crippen molar-refractivity contribution >= 4 is 96.5 Å². The van der Waals surface area contributed by atoms with Gasteiger partial charge in [0.1, 0.15) is 11.2 Å². The molecule has 2 heteroatoms. The van der Waals surface area contributed by atoms with Gasteiger partial charge in [-0.3, -0.25) is 0 Å². The van der Waals surface area contributed by atoms with Gasteiger partial charge >= 0.3 is 0 Å². The van der Waals surface area contributed by atoms with Crippen LogP contribution in [-0.2, 0) is 0 Å². The highest BCUT2D eigenvalue weighted by Crippen LogP contribution is 2.47. The average Bonchev–Trinajstić information content (AvgIpc) is 3.78. The summed E-state index contributed by atoms with van der Waals surface area (Å²) in [7, 11) is 0. The molecule has 10 aromatic carbocycles. The van der Waals surface area contributed by atoms with Gasteiger partial charge in [-0.15, -0.1) is 11.3 Å². The second kappa shape index (κ2) is 11.4. The third kappa shape index (κ3) is 4.38. The Labute approximate surface area is 314 Å². The molecule has 0 aliphatic heterocycles. The lowest BCUT2D eigenvalue weighted by atomic mass is 9.85. The smallest absolute Gasteiger partial charge is 0.136 e. The molecule has 0 spiro atoms. The summed E-state index contributed by atoms with van der Waals surface area (Å²) in [5.41, 5.74) is 9.21. The van der Waals surface area contributed by atoms with Crippen LogP contribution in [0.4, 0.5) is 0 Å². The van der Waals surface area contributed by atoms with Crippen molar-refractivity contribution in [2.24, 2.45) is 0 Å². The standard InChI is InChI=1S/C52H30OS/c1-2-12-33-26-35(21-20-31(33)10-1)34-13-9-14-36(27-34)50-39-16-5-7-18-41(39)51(42-19-8-6-17-40(42)50)37-23-25-47-44(28-37)45-30-49-46(29-48(45)53-47)43-24-22-32-11-3-4-15-38(32)52(43)54-49/h1-30H. The number of rotatable bonds is 3. The predicted molar refractivity (Wildman–Crippen MR) is 233 cm³/mol. The molecular weight excluding hydrogens is 673 g/mol. The Morgan fingerprint density at radius 1 is 0.296 bits per heavy atom. The van der Waals surface area contributed by atoms with Crippen LogP contribution in [0, 0.1) is 0 Å². The first-order valence-electron chi connectivity index (χ1n) is 18.5. The zero-order chi connectivity index (χ0) is 35.3. The molecule has 0 bridgehead atoms. The van der Waals surface area contributed by atoms with Crippen LogP contribution in [0.1, 0.15) is 0 Å². The summed E-state index contributed by atoms with van der Waals surface area (Å²) in [5.74, 6) is 0. The first-order chi connectivity index (χ1) is 26.7. The summed E-state index contributed by atoms with van der Waals surface area (Å²) < 4.78 is 9.21. The Bertz CT molecular complexity index is 3450. The van der Waals surface area contributed by atoms with Crippen LogP contribution in [0.3, 0.4) is 0 Å². The number of benzene rings is 10. The van der Waals surface area contributed by atoms with Gasteiger partial charge in [-0.25, -0.2) is 0 Å². The fourth-order valence-corrected chi connectivity index (χ4v) is 10.2. The maximum absolute atomic E-state index is 6.59. The van der Waals surface area contributed by atoms with E-state index in [1.807, 2.05) is 11.3 Å². The van der Waals surface area contributed by atoms with Crippen LogP contribution in [0.2, 0.25) is 0 Å². The molecule has 12 aromatic rings. The molecule has 12 rings (SSSR count). The fraction of sp³-hybridized carbons (Fsp3) is 0. The Morgan fingerprint density at radius 3 is 1.63 bits per heavy atom. The van der Waals surface area contributed by atoms with E-state index in [-0.39, 0.29) is 0 Å². The van der Waals surface area contributed by atoms with E-state index in [1.54, 1.807) is 0 Å². The van der Waals surface area contributed by atoms with E-state index < -0.39 is 0 Å². The van der Waals surface area contributed by atoms with Crippen molar-refractivity contribution in [3.63, 3.8) is 0 Å². The quantitative estimate of drug-likeness (QED) is 0.167. The zero-order valence-electron chi connectivity index (χ0n) is 29.1. The van der Waals surface area contributed by atoms with E-state index in [0.29, 0.717) is 0 Å². The van der Waals surface area contributed by atoms with Crippen LogP contribution in [0.15, 0.2) is 186 Å². The second-order valence-electron chi connectivity index (χ2n) is 14.4. The van der Waals surface area contributed by atoms with E-state index in [0.717, 1.165) is 21.9 Å². The maximum atomic E-state index is 6.59. The summed E-state index contributed by atoms with van der Waals surface area (Å²) in [6, 6.07) is 66.8. The van der Waals surface area contributed by atoms with Crippen LogP contribution in [0.25, 0.3) is 119 Å². The number of hydrogen-bond acceptors (Lipinski definition) is 2. The van der Waals surface area contributed by atoms with Crippen LogP contribution < -0.4 is 0 Å². The molecule has 0 aliphatic rings. The monoisotopic (exact) mass is 702 g/mol. The van der Waals surface area contributed by atoms with Crippen LogP contribution in [-0.4, -0.2) is 0 Å². The Kier molecular flexibility index (Phi) is 6.28. The van der Waals surface area contributed by atoms with Crippen molar-refractivity contribution in [3.8, 4) is 33.4 Å². The van der Waals surface area contributed by atoms with Gasteiger partial charge in [-0.05, 0) is 113 Å². The van der Waals surface area contributed by atoms with E-state index in [1.165, 1.54) is 96.6 Å². The van der Waals surface area contributed by atoms with Crippen molar-refractivity contribution in [1.29, 1.82) is 0 Å². The molecule has 250 valence electrons. The van der Waals surface area contributed by atoms with Gasteiger partial charge in [0.25, 0.3) is 0 Å². The first-order valence-corrected chi connectivity index (χ1v) is 19.3. The van der Waals surface area contributed by atoms with Gasteiger partial charge in [-0.1, -0.05) is 146 Å². The Balaban J connectivity index is 1.06. The van der Waals surface area contributed by atoms with E-state index in [2.05, 4.69) is 182 Å². The third-order valence-electron chi connectivity index (χ3n) is 11.4. The van der Waals surface area contributed by atoms with Gasteiger partial charge in [0.05, 0.1) is 0 Å². The molecule has 1 nitrogen and oxygen atoms in total. The van der Waals surface area contributed by atoms with Crippen molar-refractivity contribution in [2.75, 3.05) is 0 Å². The van der Waals surface area contributed by atoms with Crippen LogP contribution in [0.5, 0.6) is 0 Å². The maximum Gasteiger partial charge on any atom is 0.136 e. The predicted octanol–water partition coefficient (Wildman–Crippen LogP) is 15.6. The first kappa shape index (κ1) is 29.8. The van der Waals surface area contributed by atoms with Crippen molar-refractivity contribution in [3.05, 3.63) is 182 Å². The normalized spacial score (nSPS) is 12.1. The molecule has 0 amide bonds. The van der Waals surface area contributed by atoms with Crippen molar-refractivity contribution in [2.45, 2.75) is 0 Å². The van der Waals surface area contributed by atoms with E-state index in [9.17, 15) is 0 Å². The number of hydrogen-bond donors (Lipinski definition) is 0. The molecule has 0 unspecified atom stereocenters. The number of furan rings is 1. The van der Waals surface area contributed by atoms with Crippen LogP contribution >= 0.6 is 11.3 Å². The summed E-state index contributed by atoms with van der Waals surface area (Å²) in [5, 5.41) is 14.9. The third-order valence-corrected chi connectivity index (χ3v) is 12.6. The molecule has 0 fully saturated rings. The average molecular weight is 703 g/mol. The summed E-state index contributed by atoms with van der Waals surface area (Å²) in [4.78, 5) is 0. The molecule has 2 aromatic heterocycles. The number of fused-ring (bicyclic) bond motifs is 11. The number of thiophene rings is 1. The molecule has 0 atom stereocenters. The summed E-state index contributed by atoms with van der Waals surface area (Å²) in [6.07, 6.45) is 0. The minimum Gasteiger partial charge on any atom is -0.456 e. The van der Waals surface area contributed by atoms with E-state index in [4.69, 9.17) is 4.42 Å². The van der Waals surface area contributed by atoms with Gasteiger partial charge in [0.15, 0.2) is 0 Å². The fourth-order valence-electron chi connectivity index (χ4n) is 8.90. The SMILES string of the molecule is c1cc(-c2ccc3ccccc3c2)cc(-c2c3ccccc3c(-c3ccc4oc5cc6c(cc5c4c3)sc3c4ccccc4ccc63)c3ccccc23)c1. The van der Waals surface area contributed by atoms with Crippen molar-refractivity contribution < 1.29 is 4.42 Å². The molecular formula is C52H30OS. The van der Waals surface area contributed by atoms with Gasteiger partial charge in [-0.2, -0.15) is 0 Å². The molecule has 0 saturated carbocycles. The highest BCUT2D eigenvalue weighted by Gasteiger charge is 2.19. The minimum atomic E-state index is 0.914. The second-order valence-corrected chi connectivity index (χ2v) is 15.5. The lowest BCUT2D eigenvalue weighted by Crippen LogP contribution is -1.91. The summed E-state index contributed by atoms with van der Waals surface area (Å²) >= 11 is 1.88. The van der Waals surface area contributed by atoms with Gasteiger partial charge < -0.3 is 4.42 Å². The highest BCUT2D eigenvalue weighted by molar-refractivity contribution is 7.26. The zero-order valence-corrected chi connectivity index (χ0v) is 30.0. The molecule has 0 radical (unpaired) electrons. The largest absolute Gasteiger partial charge is 0.456 e. The van der Waals surface area contributed by atoms with Crippen molar-refractivity contribution in [1.82, 2.24) is 0 Å². The molecule has 0 saturated heterocycles. The Hall–Kier alpha value is -6.74. The molecule has 0 N–H and O–H groups in total. The summed E-state index contributed by atoms with van der Waals surface area (Å²) in [6.45, 7) is 0. The van der Waals surface area contributed by atoms with E-state index >= 15 is 0 Å². The van der Waals surface area contributed by atoms with Gasteiger partial charge in [0.2, 0.25) is 0 Å². The minimum absolute atomic E-state index is 0.914. The molecule has 0 aliphatic carbocycles. The lowest BCUT2D eigenvalue weighted by molar-refractivity contribution is 0.669. The molecule has 2 heterocycles. The van der Waals surface area contributed by atoms with Gasteiger partial charge in [0, 0.05) is 30.9 Å². The highest BCUT2D eigenvalue weighted by atomic mass is 32.1.